The van der Waals surface area contributed by atoms with Gasteiger partial charge in [-0.25, -0.2) is 0 Å². The number of ether oxygens (including phenoxy) is 1. The lowest BCUT2D eigenvalue weighted by molar-refractivity contribution is -0.121. The molecule has 2 heterocycles. The second kappa shape index (κ2) is 5.54. The smallest absolute Gasteiger partial charge is 0.265 e. The monoisotopic (exact) mass is 273 g/mol. The van der Waals surface area contributed by atoms with Gasteiger partial charge in [0.15, 0.2) is 6.61 Å². The molecule has 0 aromatic heterocycles. The predicted molar refractivity (Wildman–Crippen MR) is 79.6 cm³/mol. The molecule has 0 spiro atoms. The third-order valence-corrected chi connectivity index (χ3v) is 3.68. The van der Waals surface area contributed by atoms with Crippen LogP contribution in [-0.4, -0.2) is 45.2 Å². The predicted octanol–water partition coefficient (Wildman–Crippen LogP) is 1.01. The zero-order valence-corrected chi connectivity index (χ0v) is 11.5. The van der Waals surface area contributed by atoms with Crippen LogP contribution in [0.5, 0.6) is 5.75 Å². The van der Waals surface area contributed by atoms with Crippen molar-refractivity contribution in [2.75, 3.05) is 49.1 Å². The minimum Gasteiger partial charge on any atom is -0.481 e. The van der Waals surface area contributed by atoms with Crippen LogP contribution in [0.1, 0.15) is 0 Å². The van der Waals surface area contributed by atoms with Crippen LogP contribution in [-0.2, 0) is 4.79 Å². The number of hydrogen-bond donors (Lipinski definition) is 1. The molecule has 0 unspecified atom stereocenters. The summed E-state index contributed by atoms with van der Waals surface area (Å²) in [5.74, 6) is 0.759. The van der Waals surface area contributed by atoms with Crippen molar-refractivity contribution < 1.29 is 9.53 Å². The fourth-order valence-electron chi connectivity index (χ4n) is 2.64. The minimum atomic E-state index is -0.0210. The largest absolute Gasteiger partial charge is 0.481 e. The van der Waals surface area contributed by atoms with Crippen LogP contribution >= 0.6 is 0 Å². The van der Waals surface area contributed by atoms with Gasteiger partial charge >= 0.3 is 0 Å². The fourth-order valence-corrected chi connectivity index (χ4v) is 2.64. The van der Waals surface area contributed by atoms with E-state index in [0.29, 0.717) is 6.54 Å². The zero-order valence-electron chi connectivity index (χ0n) is 11.5. The molecule has 1 saturated heterocycles. The van der Waals surface area contributed by atoms with Crippen LogP contribution in [0.4, 0.5) is 11.4 Å². The molecular formula is C15H19N3O2. The summed E-state index contributed by atoms with van der Waals surface area (Å²) in [6, 6.07) is 6.05. The summed E-state index contributed by atoms with van der Waals surface area (Å²) in [6.45, 7) is 8.31. The molecule has 1 N–H and O–H groups in total. The minimum absolute atomic E-state index is 0.0210. The molecule has 0 radical (unpaired) electrons. The van der Waals surface area contributed by atoms with Crippen molar-refractivity contribution in [3.63, 3.8) is 0 Å². The van der Waals surface area contributed by atoms with Gasteiger partial charge < -0.3 is 19.9 Å². The van der Waals surface area contributed by atoms with Crippen molar-refractivity contribution in [1.82, 2.24) is 5.32 Å². The molecule has 0 saturated carbocycles. The number of fused-ring (bicyclic) bond motifs is 1. The number of anilines is 2. The standard InChI is InChI=1S/C15H19N3O2/c1-2-7-18-13-4-3-12(17-8-5-16-6-9-17)10-14(13)20-11-15(18)19/h2-4,10,16H,1,5-9,11H2. The van der Waals surface area contributed by atoms with Crippen molar-refractivity contribution in [2.45, 2.75) is 0 Å². The van der Waals surface area contributed by atoms with Crippen LogP contribution in [0.3, 0.4) is 0 Å². The van der Waals surface area contributed by atoms with Crippen molar-refractivity contribution in [3.8, 4) is 5.75 Å². The van der Waals surface area contributed by atoms with E-state index in [2.05, 4.69) is 22.9 Å². The molecule has 0 atom stereocenters. The highest BCUT2D eigenvalue weighted by molar-refractivity contribution is 5.98. The average Bonchev–Trinajstić information content (AvgIpc) is 2.51. The third-order valence-electron chi connectivity index (χ3n) is 3.68. The molecule has 20 heavy (non-hydrogen) atoms. The SMILES string of the molecule is C=CCN1C(=O)COc2cc(N3CCNCC3)ccc21. The molecule has 1 fully saturated rings. The van der Waals surface area contributed by atoms with E-state index in [1.165, 1.54) is 0 Å². The molecular weight excluding hydrogens is 254 g/mol. The van der Waals surface area contributed by atoms with Gasteiger partial charge in [0.25, 0.3) is 5.91 Å². The third kappa shape index (κ3) is 2.36. The first-order chi connectivity index (χ1) is 9.79. The fraction of sp³-hybridized carbons (Fsp3) is 0.400. The van der Waals surface area contributed by atoms with Crippen LogP contribution in [0.25, 0.3) is 0 Å². The van der Waals surface area contributed by atoms with E-state index in [0.717, 1.165) is 43.3 Å². The second-order valence-corrected chi connectivity index (χ2v) is 4.97. The summed E-state index contributed by atoms with van der Waals surface area (Å²) in [6.07, 6.45) is 1.73. The summed E-state index contributed by atoms with van der Waals surface area (Å²) < 4.78 is 5.58. The van der Waals surface area contributed by atoms with Crippen LogP contribution in [0.2, 0.25) is 0 Å². The summed E-state index contributed by atoms with van der Waals surface area (Å²) in [5.41, 5.74) is 1.98. The summed E-state index contributed by atoms with van der Waals surface area (Å²) >= 11 is 0. The lowest BCUT2D eigenvalue weighted by Gasteiger charge is -2.32. The van der Waals surface area contributed by atoms with E-state index in [4.69, 9.17) is 4.74 Å². The highest BCUT2D eigenvalue weighted by atomic mass is 16.5. The normalized spacial score (nSPS) is 18.5. The number of benzene rings is 1. The molecule has 0 bridgehead atoms. The van der Waals surface area contributed by atoms with E-state index in [9.17, 15) is 4.79 Å². The molecule has 2 aliphatic rings. The lowest BCUT2D eigenvalue weighted by Crippen LogP contribution is -2.43. The number of carbonyl (C=O) groups is 1. The highest BCUT2D eigenvalue weighted by Crippen LogP contribution is 2.35. The Morgan fingerprint density at radius 1 is 1.35 bits per heavy atom. The number of nitrogens with zero attached hydrogens (tertiary/aromatic N) is 2. The van der Waals surface area contributed by atoms with E-state index in [1.807, 2.05) is 12.1 Å². The molecule has 0 aliphatic carbocycles. The van der Waals surface area contributed by atoms with Gasteiger partial charge in [0.2, 0.25) is 0 Å². The van der Waals surface area contributed by atoms with E-state index in [1.54, 1.807) is 11.0 Å². The van der Waals surface area contributed by atoms with Gasteiger partial charge in [-0.2, -0.15) is 0 Å². The van der Waals surface area contributed by atoms with Crippen molar-refractivity contribution in [3.05, 3.63) is 30.9 Å². The topological polar surface area (TPSA) is 44.8 Å². The van der Waals surface area contributed by atoms with Gasteiger partial charge in [-0.1, -0.05) is 6.08 Å². The first kappa shape index (κ1) is 13.0. The number of hydrogen-bond acceptors (Lipinski definition) is 4. The van der Waals surface area contributed by atoms with E-state index in [-0.39, 0.29) is 12.5 Å². The number of piperazine rings is 1. The van der Waals surface area contributed by atoms with E-state index >= 15 is 0 Å². The maximum Gasteiger partial charge on any atom is 0.265 e. The lowest BCUT2D eigenvalue weighted by atomic mass is 10.2. The summed E-state index contributed by atoms with van der Waals surface area (Å²) in [7, 11) is 0. The molecule has 1 aromatic rings. The van der Waals surface area contributed by atoms with E-state index < -0.39 is 0 Å². The Kier molecular flexibility index (Phi) is 3.60. The van der Waals surface area contributed by atoms with Crippen molar-refractivity contribution >= 4 is 17.3 Å². The van der Waals surface area contributed by atoms with Crippen LogP contribution in [0, 0.1) is 0 Å². The van der Waals surface area contributed by atoms with Gasteiger partial charge in [-0.15, -0.1) is 6.58 Å². The van der Waals surface area contributed by atoms with Gasteiger partial charge in [0.1, 0.15) is 5.75 Å². The Morgan fingerprint density at radius 2 is 2.15 bits per heavy atom. The first-order valence-corrected chi connectivity index (χ1v) is 6.93. The Hall–Kier alpha value is -2.01. The highest BCUT2D eigenvalue weighted by Gasteiger charge is 2.25. The Labute approximate surface area is 118 Å². The maximum atomic E-state index is 11.9. The first-order valence-electron chi connectivity index (χ1n) is 6.93. The Morgan fingerprint density at radius 3 is 2.90 bits per heavy atom. The maximum absolute atomic E-state index is 11.9. The van der Waals surface area contributed by atoms with Crippen molar-refractivity contribution in [2.24, 2.45) is 0 Å². The average molecular weight is 273 g/mol. The number of amides is 1. The molecule has 1 amide bonds. The van der Waals surface area contributed by atoms with Gasteiger partial charge in [-0.05, 0) is 12.1 Å². The molecule has 106 valence electrons. The number of carbonyl (C=O) groups excluding carboxylic acids is 1. The van der Waals surface area contributed by atoms with Crippen LogP contribution < -0.4 is 19.9 Å². The van der Waals surface area contributed by atoms with Crippen LogP contribution in [0.15, 0.2) is 30.9 Å². The second-order valence-electron chi connectivity index (χ2n) is 4.97. The quantitative estimate of drug-likeness (QED) is 0.835. The molecule has 3 rings (SSSR count). The molecule has 1 aromatic carbocycles. The van der Waals surface area contributed by atoms with Gasteiger partial charge in [-0.3, -0.25) is 4.79 Å². The molecule has 5 heteroatoms. The van der Waals surface area contributed by atoms with Gasteiger partial charge in [0, 0.05) is 44.5 Å². The summed E-state index contributed by atoms with van der Waals surface area (Å²) in [5, 5.41) is 3.34. The summed E-state index contributed by atoms with van der Waals surface area (Å²) in [4.78, 5) is 15.9. The molecule has 2 aliphatic heterocycles. The Balaban J connectivity index is 1.88. The molecule has 5 nitrogen and oxygen atoms in total. The Bertz CT molecular complexity index is 524. The van der Waals surface area contributed by atoms with Crippen molar-refractivity contribution in [1.29, 1.82) is 0 Å². The zero-order chi connectivity index (χ0) is 13.9. The number of rotatable bonds is 3. The number of nitrogens with one attached hydrogen (secondary N) is 1. The van der Waals surface area contributed by atoms with Gasteiger partial charge in [0.05, 0.1) is 5.69 Å².